The fourth-order valence-electron chi connectivity index (χ4n) is 1.99. The summed E-state index contributed by atoms with van der Waals surface area (Å²) in [6, 6.07) is 12.6. The van der Waals surface area contributed by atoms with Gasteiger partial charge in [-0.25, -0.2) is 0 Å². The van der Waals surface area contributed by atoms with Crippen molar-refractivity contribution in [3.8, 4) is 11.3 Å². The minimum absolute atomic E-state index is 0.605. The van der Waals surface area contributed by atoms with Crippen molar-refractivity contribution in [3.05, 3.63) is 42.2 Å². The number of aromatic nitrogens is 3. The fourth-order valence-corrected chi connectivity index (χ4v) is 3.69. The number of benzene rings is 1. The van der Waals surface area contributed by atoms with E-state index >= 15 is 0 Å². The largest absolute Gasteiger partial charge is 0.360 e. The van der Waals surface area contributed by atoms with Gasteiger partial charge in [0.25, 0.3) is 0 Å². The van der Waals surface area contributed by atoms with Gasteiger partial charge in [-0.2, -0.15) is 0 Å². The molecule has 0 bridgehead atoms. The second-order valence-electron chi connectivity index (χ2n) is 5.12. The van der Waals surface area contributed by atoms with E-state index in [1.807, 2.05) is 36.4 Å². The van der Waals surface area contributed by atoms with Crippen molar-refractivity contribution >= 4 is 28.2 Å². The minimum Gasteiger partial charge on any atom is -0.360 e. The van der Waals surface area contributed by atoms with Crippen LogP contribution in [-0.4, -0.2) is 21.4 Å². The highest BCUT2D eigenvalue weighted by Crippen LogP contribution is 2.32. The average Bonchev–Trinajstić information content (AvgIpc) is 3.06. The smallest absolute Gasteiger partial charge is 0.206 e. The molecule has 112 valence electrons. The Bertz CT molecular complexity index is 752. The second-order valence-corrected chi connectivity index (χ2v) is 7.32. The fraction of sp³-hybridized carbons (Fsp3) is 0.267. The molecule has 22 heavy (non-hydrogen) atoms. The molecule has 1 N–H and O–H groups in total. The first-order valence-electron chi connectivity index (χ1n) is 7.11. The van der Waals surface area contributed by atoms with Crippen LogP contribution in [0.2, 0.25) is 0 Å². The van der Waals surface area contributed by atoms with Gasteiger partial charge in [-0.15, -0.1) is 10.2 Å². The number of rotatable bonds is 6. The summed E-state index contributed by atoms with van der Waals surface area (Å²) < 4.78 is 6.34. The SMILES string of the molecule is c1ccc(-c2cc(CSc3nnc(NC4CC4)s3)on2)cc1. The Kier molecular flexibility index (Phi) is 3.82. The summed E-state index contributed by atoms with van der Waals surface area (Å²) in [7, 11) is 0. The van der Waals surface area contributed by atoms with Gasteiger partial charge in [-0.05, 0) is 12.8 Å². The van der Waals surface area contributed by atoms with Gasteiger partial charge in [0.1, 0.15) is 11.5 Å². The molecule has 3 aromatic rings. The van der Waals surface area contributed by atoms with E-state index in [2.05, 4.69) is 20.7 Å². The Morgan fingerprint density at radius 2 is 2.09 bits per heavy atom. The van der Waals surface area contributed by atoms with E-state index in [0.717, 1.165) is 26.5 Å². The van der Waals surface area contributed by atoms with Crippen LogP contribution in [0.1, 0.15) is 18.6 Å². The maximum Gasteiger partial charge on any atom is 0.206 e. The summed E-state index contributed by atoms with van der Waals surface area (Å²) in [6.45, 7) is 0. The molecular formula is C15H14N4OS2. The van der Waals surface area contributed by atoms with Crippen LogP contribution >= 0.6 is 23.1 Å². The highest BCUT2D eigenvalue weighted by molar-refractivity contribution is 8.00. The molecule has 0 saturated heterocycles. The predicted octanol–water partition coefficient (Wildman–Crippen LogP) is 4.06. The van der Waals surface area contributed by atoms with E-state index < -0.39 is 0 Å². The van der Waals surface area contributed by atoms with Gasteiger partial charge in [0, 0.05) is 17.7 Å². The van der Waals surface area contributed by atoms with Crippen LogP contribution in [0.5, 0.6) is 0 Å². The van der Waals surface area contributed by atoms with Crippen LogP contribution in [0.4, 0.5) is 5.13 Å². The quantitative estimate of drug-likeness (QED) is 0.688. The van der Waals surface area contributed by atoms with Crippen molar-refractivity contribution in [2.45, 2.75) is 29.0 Å². The Morgan fingerprint density at radius 3 is 2.91 bits per heavy atom. The van der Waals surface area contributed by atoms with Gasteiger partial charge in [-0.3, -0.25) is 0 Å². The predicted molar refractivity (Wildman–Crippen MR) is 88.1 cm³/mol. The second kappa shape index (κ2) is 6.10. The lowest BCUT2D eigenvalue weighted by Gasteiger charge is -1.94. The van der Waals surface area contributed by atoms with Crippen molar-refractivity contribution in [1.29, 1.82) is 0 Å². The molecule has 1 saturated carbocycles. The summed E-state index contributed by atoms with van der Waals surface area (Å²) in [5.74, 6) is 1.55. The number of nitrogens with zero attached hydrogens (tertiary/aromatic N) is 3. The first-order valence-corrected chi connectivity index (χ1v) is 8.91. The first-order chi connectivity index (χ1) is 10.9. The maximum absolute atomic E-state index is 5.39. The van der Waals surface area contributed by atoms with Crippen LogP contribution < -0.4 is 5.32 Å². The van der Waals surface area contributed by atoms with Crippen LogP contribution in [0.15, 0.2) is 45.3 Å². The van der Waals surface area contributed by atoms with E-state index in [1.54, 1.807) is 23.1 Å². The van der Waals surface area contributed by atoms with Gasteiger partial charge in [-0.1, -0.05) is 58.6 Å². The summed E-state index contributed by atoms with van der Waals surface area (Å²) in [5, 5.41) is 16.7. The van der Waals surface area contributed by atoms with Gasteiger partial charge in [0.05, 0.1) is 5.75 Å². The monoisotopic (exact) mass is 330 g/mol. The molecule has 1 aliphatic carbocycles. The molecule has 0 atom stereocenters. The summed E-state index contributed by atoms with van der Waals surface area (Å²) in [5.41, 5.74) is 1.93. The zero-order valence-corrected chi connectivity index (χ0v) is 13.4. The van der Waals surface area contributed by atoms with E-state index in [1.165, 1.54) is 12.8 Å². The van der Waals surface area contributed by atoms with Gasteiger partial charge < -0.3 is 9.84 Å². The van der Waals surface area contributed by atoms with E-state index in [9.17, 15) is 0 Å². The van der Waals surface area contributed by atoms with Crippen molar-refractivity contribution in [2.75, 3.05) is 5.32 Å². The van der Waals surface area contributed by atoms with E-state index in [-0.39, 0.29) is 0 Å². The molecule has 5 nitrogen and oxygen atoms in total. The lowest BCUT2D eigenvalue weighted by Crippen LogP contribution is -1.99. The molecule has 0 spiro atoms. The average molecular weight is 330 g/mol. The highest BCUT2D eigenvalue weighted by Gasteiger charge is 2.22. The molecule has 1 aromatic carbocycles. The lowest BCUT2D eigenvalue weighted by atomic mass is 10.1. The number of hydrogen-bond acceptors (Lipinski definition) is 7. The Morgan fingerprint density at radius 1 is 1.23 bits per heavy atom. The standard InChI is InChI=1S/C15H14N4OS2/c1-2-4-10(5-3-1)13-8-12(20-19-13)9-21-15-18-17-14(22-15)16-11-6-7-11/h1-5,8,11H,6-7,9H2,(H,16,17). The molecule has 4 rings (SSSR count). The molecule has 0 amide bonds. The summed E-state index contributed by atoms with van der Waals surface area (Å²) in [6.07, 6.45) is 2.48. The molecule has 0 radical (unpaired) electrons. The number of thioether (sulfide) groups is 1. The lowest BCUT2D eigenvalue weighted by molar-refractivity contribution is 0.397. The van der Waals surface area contributed by atoms with Crippen LogP contribution in [-0.2, 0) is 5.75 Å². The third-order valence-corrected chi connectivity index (χ3v) is 5.29. The molecule has 2 heterocycles. The molecular weight excluding hydrogens is 316 g/mol. The maximum atomic E-state index is 5.39. The Balaban J connectivity index is 1.37. The number of hydrogen-bond donors (Lipinski definition) is 1. The van der Waals surface area contributed by atoms with Crippen molar-refractivity contribution in [3.63, 3.8) is 0 Å². The van der Waals surface area contributed by atoms with Crippen molar-refractivity contribution < 1.29 is 4.52 Å². The molecule has 0 unspecified atom stereocenters. The van der Waals surface area contributed by atoms with Crippen LogP contribution in [0.3, 0.4) is 0 Å². The summed E-state index contributed by atoms with van der Waals surface area (Å²) in [4.78, 5) is 0. The van der Waals surface area contributed by atoms with E-state index in [4.69, 9.17) is 4.52 Å². The number of nitrogens with one attached hydrogen (secondary N) is 1. The number of anilines is 1. The van der Waals surface area contributed by atoms with E-state index in [0.29, 0.717) is 11.8 Å². The van der Waals surface area contributed by atoms with Crippen molar-refractivity contribution in [1.82, 2.24) is 15.4 Å². The topological polar surface area (TPSA) is 63.8 Å². The molecule has 1 fully saturated rings. The first kappa shape index (κ1) is 13.8. The highest BCUT2D eigenvalue weighted by atomic mass is 32.2. The van der Waals surface area contributed by atoms with Gasteiger partial charge in [0.15, 0.2) is 4.34 Å². The summed E-state index contributed by atoms with van der Waals surface area (Å²) >= 11 is 3.21. The Hall–Kier alpha value is -1.86. The van der Waals surface area contributed by atoms with Crippen LogP contribution in [0, 0.1) is 0 Å². The normalized spacial score (nSPS) is 14.2. The third-order valence-electron chi connectivity index (χ3n) is 3.28. The zero-order chi connectivity index (χ0) is 14.8. The molecule has 7 heteroatoms. The zero-order valence-electron chi connectivity index (χ0n) is 11.7. The van der Waals surface area contributed by atoms with Crippen LogP contribution in [0.25, 0.3) is 11.3 Å². The minimum atomic E-state index is 0.605. The third kappa shape index (κ3) is 3.31. The Labute approximate surface area is 136 Å². The molecule has 1 aliphatic rings. The molecule has 2 aromatic heterocycles. The molecule has 0 aliphatic heterocycles. The van der Waals surface area contributed by atoms with Gasteiger partial charge in [0.2, 0.25) is 5.13 Å². The van der Waals surface area contributed by atoms with Gasteiger partial charge >= 0.3 is 0 Å². The van der Waals surface area contributed by atoms with Crippen molar-refractivity contribution in [2.24, 2.45) is 0 Å².